The van der Waals surface area contributed by atoms with Gasteiger partial charge in [0, 0.05) is 24.1 Å². The van der Waals surface area contributed by atoms with Crippen LogP contribution in [0.5, 0.6) is 5.75 Å². The predicted octanol–water partition coefficient (Wildman–Crippen LogP) is 2.47. The van der Waals surface area contributed by atoms with Gasteiger partial charge in [-0.3, -0.25) is 4.68 Å². The van der Waals surface area contributed by atoms with Crippen molar-refractivity contribution >= 4 is 15.9 Å². The van der Waals surface area contributed by atoms with Crippen molar-refractivity contribution in [3.63, 3.8) is 0 Å². The second kappa shape index (κ2) is 5.54. The maximum absolute atomic E-state index is 10.3. The zero-order chi connectivity index (χ0) is 13.1. The lowest BCUT2D eigenvalue weighted by molar-refractivity contribution is 0.177. The van der Waals surface area contributed by atoms with E-state index in [1.165, 1.54) is 0 Å². The molecular weight excluding hydrogens is 296 g/mol. The smallest absolute Gasteiger partial charge is 0.119 e. The summed E-state index contributed by atoms with van der Waals surface area (Å²) in [6, 6.07) is 5.57. The van der Waals surface area contributed by atoms with Gasteiger partial charge in [0.25, 0.3) is 0 Å². The van der Waals surface area contributed by atoms with Crippen molar-refractivity contribution in [3.05, 3.63) is 46.2 Å². The minimum atomic E-state index is -0.585. The van der Waals surface area contributed by atoms with Crippen LogP contribution in [-0.2, 0) is 13.5 Å². The van der Waals surface area contributed by atoms with Crippen LogP contribution < -0.4 is 4.74 Å². The molecule has 0 aliphatic heterocycles. The molecule has 1 aromatic heterocycles. The lowest BCUT2D eigenvalue weighted by atomic mass is 10.0. The summed E-state index contributed by atoms with van der Waals surface area (Å²) in [5, 5.41) is 14.4. The standard InChI is InChI=1S/C13H15BrN2O2/c1-16-8-9(7-15-16)5-13(17)11-6-10(18-2)3-4-12(11)14/h3-4,6-8,13,17H,5H2,1-2H3. The molecule has 0 radical (unpaired) electrons. The number of methoxy groups -OCH3 is 1. The molecule has 0 aliphatic carbocycles. The largest absolute Gasteiger partial charge is 0.497 e. The molecule has 0 fully saturated rings. The molecule has 0 spiro atoms. The van der Waals surface area contributed by atoms with E-state index in [2.05, 4.69) is 21.0 Å². The predicted molar refractivity (Wildman–Crippen MR) is 72.6 cm³/mol. The molecule has 2 aromatic rings. The van der Waals surface area contributed by atoms with Crippen molar-refractivity contribution < 1.29 is 9.84 Å². The first-order valence-electron chi connectivity index (χ1n) is 5.59. The molecule has 0 aliphatic rings. The molecule has 96 valence electrons. The van der Waals surface area contributed by atoms with Crippen LogP contribution >= 0.6 is 15.9 Å². The average molecular weight is 311 g/mol. The van der Waals surface area contributed by atoms with Gasteiger partial charge in [0.15, 0.2) is 0 Å². The lowest BCUT2D eigenvalue weighted by Gasteiger charge is -2.13. The maximum Gasteiger partial charge on any atom is 0.119 e. The van der Waals surface area contributed by atoms with E-state index in [0.29, 0.717) is 6.42 Å². The maximum atomic E-state index is 10.3. The molecule has 4 nitrogen and oxygen atoms in total. The molecule has 0 amide bonds. The molecular formula is C13H15BrN2O2. The third-order valence-corrected chi connectivity index (χ3v) is 3.47. The molecule has 1 unspecified atom stereocenters. The van der Waals surface area contributed by atoms with E-state index in [4.69, 9.17) is 4.74 Å². The summed E-state index contributed by atoms with van der Waals surface area (Å²) < 4.78 is 7.77. The van der Waals surface area contributed by atoms with Crippen LogP contribution in [0.4, 0.5) is 0 Å². The van der Waals surface area contributed by atoms with Gasteiger partial charge in [0.2, 0.25) is 0 Å². The third kappa shape index (κ3) is 2.91. The van der Waals surface area contributed by atoms with Gasteiger partial charge in [-0.1, -0.05) is 15.9 Å². The van der Waals surface area contributed by atoms with Crippen LogP contribution in [0, 0.1) is 0 Å². The number of aliphatic hydroxyl groups is 1. The minimum Gasteiger partial charge on any atom is -0.497 e. The number of ether oxygens (including phenoxy) is 1. The SMILES string of the molecule is COc1ccc(Br)c(C(O)Cc2cnn(C)c2)c1. The number of benzene rings is 1. The normalized spacial score (nSPS) is 12.4. The van der Waals surface area contributed by atoms with Gasteiger partial charge in [-0.25, -0.2) is 0 Å². The van der Waals surface area contributed by atoms with Gasteiger partial charge in [0.05, 0.1) is 19.4 Å². The molecule has 0 bridgehead atoms. The monoisotopic (exact) mass is 310 g/mol. The van der Waals surface area contributed by atoms with Crippen LogP contribution in [0.1, 0.15) is 17.2 Å². The van der Waals surface area contributed by atoms with Crippen molar-refractivity contribution in [2.24, 2.45) is 7.05 Å². The number of aryl methyl sites for hydroxylation is 1. The third-order valence-electron chi connectivity index (χ3n) is 2.75. The fourth-order valence-electron chi connectivity index (χ4n) is 1.81. The lowest BCUT2D eigenvalue weighted by Crippen LogP contribution is -2.02. The molecule has 1 heterocycles. The van der Waals surface area contributed by atoms with Crippen LogP contribution in [0.15, 0.2) is 35.1 Å². The van der Waals surface area contributed by atoms with Gasteiger partial charge in [-0.15, -0.1) is 0 Å². The topological polar surface area (TPSA) is 47.3 Å². The Hall–Kier alpha value is -1.33. The van der Waals surface area contributed by atoms with E-state index in [9.17, 15) is 5.11 Å². The summed E-state index contributed by atoms with van der Waals surface area (Å²) in [5.41, 5.74) is 1.82. The Kier molecular flexibility index (Phi) is 4.04. The Morgan fingerprint density at radius 3 is 2.89 bits per heavy atom. The number of hydrogen-bond acceptors (Lipinski definition) is 3. The summed E-state index contributed by atoms with van der Waals surface area (Å²) in [4.78, 5) is 0. The van der Waals surface area contributed by atoms with Gasteiger partial charge < -0.3 is 9.84 Å². The van der Waals surface area contributed by atoms with Crippen LogP contribution in [0.3, 0.4) is 0 Å². The highest BCUT2D eigenvalue weighted by atomic mass is 79.9. The number of rotatable bonds is 4. The molecule has 1 N–H and O–H groups in total. The van der Waals surface area contributed by atoms with Gasteiger partial charge in [0.1, 0.15) is 5.75 Å². The molecule has 0 saturated heterocycles. The molecule has 2 rings (SSSR count). The van der Waals surface area contributed by atoms with Crippen molar-refractivity contribution in [2.75, 3.05) is 7.11 Å². The van der Waals surface area contributed by atoms with Crippen LogP contribution in [0.25, 0.3) is 0 Å². The van der Waals surface area contributed by atoms with E-state index in [-0.39, 0.29) is 0 Å². The molecule has 1 aromatic carbocycles. The van der Waals surface area contributed by atoms with Gasteiger partial charge >= 0.3 is 0 Å². The summed E-state index contributed by atoms with van der Waals surface area (Å²) in [5.74, 6) is 0.735. The van der Waals surface area contributed by atoms with Crippen LogP contribution in [0.2, 0.25) is 0 Å². The number of halogens is 1. The highest BCUT2D eigenvalue weighted by Crippen LogP contribution is 2.29. The van der Waals surface area contributed by atoms with Crippen molar-refractivity contribution in [2.45, 2.75) is 12.5 Å². The summed E-state index contributed by atoms with van der Waals surface area (Å²) in [7, 11) is 3.47. The van der Waals surface area contributed by atoms with E-state index < -0.39 is 6.10 Å². The summed E-state index contributed by atoms with van der Waals surface area (Å²) >= 11 is 3.44. The van der Waals surface area contributed by atoms with Crippen LogP contribution in [-0.4, -0.2) is 22.0 Å². The number of aromatic nitrogens is 2. The first kappa shape index (κ1) is 13.1. The van der Waals surface area contributed by atoms with E-state index in [1.807, 2.05) is 31.4 Å². The van der Waals surface area contributed by atoms with Gasteiger partial charge in [-0.2, -0.15) is 5.10 Å². The Morgan fingerprint density at radius 2 is 2.28 bits per heavy atom. The second-order valence-electron chi connectivity index (χ2n) is 4.13. The zero-order valence-electron chi connectivity index (χ0n) is 10.3. The Balaban J connectivity index is 2.20. The second-order valence-corrected chi connectivity index (χ2v) is 4.98. The van der Waals surface area contributed by atoms with Gasteiger partial charge in [-0.05, 0) is 29.3 Å². The first-order chi connectivity index (χ1) is 8.60. The summed E-state index contributed by atoms with van der Waals surface area (Å²) in [6.07, 6.45) is 3.60. The summed E-state index contributed by atoms with van der Waals surface area (Å²) in [6.45, 7) is 0. The number of hydrogen-bond donors (Lipinski definition) is 1. The molecule has 5 heteroatoms. The van der Waals surface area contributed by atoms with Crippen molar-refractivity contribution in [3.8, 4) is 5.75 Å². The Morgan fingerprint density at radius 1 is 1.50 bits per heavy atom. The molecule has 1 atom stereocenters. The average Bonchev–Trinajstić information content (AvgIpc) is 2.75. The number of nitrogens with zero attached hydrogens (tertiary/aromatic N) is 2. The Labute approximate surface area is 114 Å². The highest BCUT2D eigenvalue weighted by Gasteiger charge is 2.14. The molecule has 0 saturated carbocycles. The Bertz CT molecular complexity index is 540. The number of aliphatic hydroxyl groups excluding tert-OH is 1. The fourth-order valence-corrected chi connectivity index (χ4v) is 2.33. The first-order valence-corrected chi connectivity index (χ1v) is 6.38. The minimum absolute atomic E-state index is 0.527. The van der Waals surface area contributed by atoms with Crippen molar-refractivity contribution in [1.82, 2.24) is 9.78 Å². The fraction of sp³-hybridized carbons (Fsp3) is 0.308. The van der Waals surface area contributed by atoms with E-state index in [0.717, 1.165) is 21.3 Å². The van der Waals surface area contributed by atoms with E-state index in [1.54, 1.807) is 18.0 Å². The van der Waals surface area contributed by atoms with Crippen molar-refractivity contribution in [1.29, 1.82) is 0 Å². The zero-order valence-corrected chi connectivity index (χ0v) is 11.9. The van der Waals surface area contributed by atoms with E-state index >= 15 is 0 Å². The molecule has 18 heavy (non-hydrogen) atoms. The quantitative estimate of drug-likeness (QED) is 0.943. The highest BCUT2D eigenvalue weighted by molar-refractivity contribution is 9.10.